The standard InChI is InChI=1S/C28H56O3/c1-5-7-9-10-11-12-13-14-15-16-17-18-19-20-21-23-28(3,4)26(27(30)31)24-25(29)22-8-6-2/h25-26,29H,5-24H2,1-4H3,(H,30,31). The molecule has 186 valence electrons. The highest BCUT2D eigenvalue weighted by atomic mass is 16.4. The van der Waals surface area contributed by atoms with Crippen LogP contribution in [0.3, 0.4) is 0 Å². The number of aliphatic hydroxyl groups excluding tert-OH is 1. The van der Waals surface area contributed by atoms with E-state index in [2.05, 4.69) is 27.7 Å². The van der Waals surface area contributed by atoms with Crippen molar-refractivity contribution in [2.24, 2.45) is 11.3 Å². The zero-order chi connectivity index (χ0) is 23.4. The predicted molar refractivity (Wildman–Crippen MR) is 135 cm³/mol. The zero-order valence-electron chi connectivity index (χ0n) is 21.6. The van der Waals surface area contributed by atoms with Gasteiger partial charge >= 0.3 is 5.97 Å². The SMILES string of the molecule is CCCCCCCCCCCCCCCCCC(C)(C)C(CC(O)CCCC)C(=O)O. The Hall–Kier alpha value is -0.570. The summed E-state index contributed by atoms with van der Waals surface area (Å²) in [5.74, 6) is -1.20. The number of aliphatic carboxylic acids is 1. The third-order valence-corrected chi connectivity index (χ3v) is 7.06. The molecule has 0 bridgehead atoms. The van der Waals surface area contributed by atoms with E-state index in [1.807, 2.05) is 0 Å². The van der Waals surface area contributed by atoms with Crippen molar-refractivity contribution in [2.75, 3.05) is 0 Å². The fraction of sp³-hybridized carbons (Fsp3) is 0.964. The maximum Gasteiger partial charge on any atom is 0.307 e. The van der Waals surface area contributed by atoms with E-state index in [-0.39, 0.29) is 5.41 Å². The van der Waals surface area contributed by atoms with E-state index in [4.69, 9.17) is 0 Å². The molecule has 0 aromatic rings. The van der Waals surface area contributed by atoms with Crippen molar-refractivity contribution >= 4 is 5.97 Å². The van der Waals surface area contributed by atoms with Crippen molar-refractivity contribution in [1.82, 2.24) is 0 Å². The molecule has 0 aromatic carbocycles. The molecule has 0 aromatic heterocycles. The maximum atomic E-state index is 11.8. The van der Waals surface area contributed by atoms with E-state index in [1.165, 1.54) is 89.9 Å². The highest BCUT2D eigenvalue weighted by molar-refractivity contribution is 5.71. The van der Waals surface area contributed by atoms with Crippen molar-refractivity contribution in [3.05, 3.63) is 0 Å². The highest BCUT2D eigenvalue weighted by Gasteiger charge is 2.35. The molecule has 0 aliphatic rings. The topological polar surface area (TPSA) is 57.5 Å². The van der Waals surface area contributed by atoms with Gasteiger partial charge in [-0.25, -0.2) is 0 Å². The molecule has 0 saturated carbocycles. The van der Waals surface area contributed by atoms with Crippen LogP contribution in [0.4, 0.5) is 0 Å². The van der Waals surface area contributed by atoms with Gasteiger partial charge in [-0.15, -0.1) is 0 Å². The summed E-state index contributed by atoms with van der Waals surface area (Å²) < 4.78 is 0. The molecule has 31 heavy (non-hydrogen) atoms. The molecule has 2 unspecified atom stereocenters. The minimum atomic E-state index is -0.749. The van der Waals surface area contributed by atoms with Crippen LogP contribution >= 0.6 is 0 Å². The molecule has 3 nitrogen and oxygen atoms in total. The zero-order valence-corrected chi connectivity index (χ0v) is 21.6. The van der Waals surface area contributed by atoms with Gasteiger partial charge in [-0.2, -0.15) is 0 Å². The van der Waals surface area contributed by atoms with Gasteiger partial charge in [0, 0.05) is 0 Å². The summed E-state index contributed by atoms with van der Waals surface area (Å²) in [7, 11) is 0. The second kappa shape index (κ2) is 20.1. The van der Waals surface area contributed by atoms with E-state index in [1.54, 1.807) is 0 Å². The Kier molecular flexibility index (Phi) is 19.7. The lowest BCUT2D eigenvalue weighted by atomic mass is 9.72. The van der Waals surface area contributed by atoms with Gasteiger partial charge in [-0.05, 0) is 24.7 Å². The summed E-state index contributed by atoms with van der Waals surface area (Å²) in [6.45, 7) is 8.52. The minimum Gasteiger partial charge on any atom is -0.481 e. The Morgan fingerprint density at radius 3 is 1.45 bits per heavy atom. The van der Waals surface area contributed by atoms with E-state index >= 15 is 0 Å². The highest BCUT2D eigenvalue weighted by Crippen LogP contribution is 2.36. The monoisotopic (exact) mass is 440 g/mol. The normalized spacial score (nSPS) is 14.0. The summed E-state index contributed by atoms with van der Waals surface area (Å²) >= 11 is 0. The van der Waals surface area contributed by atoms with Crippen LogP contribution in [0.25, 0.3) is 0 Å². The summed E-state index contributed by atoms with van der Waals surface area (Å²) in [5, 5.41) is 19.9. The van der Waals surface area contributed by atoms with Gasteiger partial charge in [0.25, 0.3) is 0 Å². The van der Waals surface area contributed by atoms with E-state index in [0.717, 1.165) is 32.1 Å². The molecule has 0 aliphatic heterocycles. The van der Waals surface area contributed by atoms with Crippen LogP contribution in [0.5, 0.6) is 0 Å². The Labute approximate surface area is 194 Å². The smallest absolute Gasteiger partial charge is 0.307 e. The van der Waals surface area contributed by atoms with Crippen LogP contribution in [-0.4, -0.2) is 22.3 Å². The number of hydrogen-bond acceptors (Lipinski definition) is 2. The number of aliphatic hydroxyl groups is 1. The van der Waals surface area contributed by atoms with Gasteiger partial charge in [-0.3, -0.25) is 4.79 Å². The predicted octanol–water partition coefficient (Wildman–Crippen LogP) is 8.92. The summed E-state index contributed by atoms with van der Waals surface area (Å²) in [5.41, 5.74) is -0.254. The van der Waals surface area contributed by atoms with Crippen LogP contribution in [0.15, 0.2) is 0 Å². The Balaban J connectivity index is 3.75. The van der Waals surface area contributed by atoms with Gasteiger partial charge in [0.2, 0.25) is 0 Å². The molecule has 0 amide bonds. The van der Waals surface area contributed by atoms with Gasteiger partial charge in [0.1, 0.15) is 0 Å². The summed E-state index contributed by atoms with van der Waals surface area (Å²) in [4.78, 5) is 11.8. The average molecular weight is 441 g/mol. The molecule has 0 heterocycles. The van der Waals surface area contributed by atoms with Gasteiger partial charge in [-0.1, -0.05) is 137 Å². The molecule has 2 N–H and O–H groups in total. The van der Waals surface area contributed by atoms with Crippen LogP contribution < -0.4 is 0 Å². The lowest BCUT2D eigenvalue weighted by Gasteiger charge is -2.33. The second-order valence-corrected chi connectivity index (χ2v) is 10.6. The van der Waals surface area contributed by atoms with Crippen LogP contribution in [0, 0.1) is 11.3 Å². The maximum absolute atomic E-state index is 11.8. The molecule has 0 rings (SSSR count). The lowest BCUT2D eigenvalue weighted by Crippen LogP contribution is -2.34. The largest absolute Gasteiger partial charge is 0.481 e. The quantitative estimate of drug-likeness (QED) is 0.156. The van der Waals surface area contributed by atoms with Crippen molar-refractivity contribution in [1.29, 1.82) is 0 Å². The number of unbranched alkanes of at least 4 members (excludes halogenated alkanes) is 15. The van der Waals surface area contributed by atoms with E-state index < -0.39 is 18.0 Å². The lowest BCUT2D eigenvalue weighted by molar-refractivity contribution is -0.147. The third-order valence-electron chi connectivity index (χ3n) is 7.06. The summed E-state index contributed by atoms with van der Waals surface area (Å²) in [6, 6.07) is 0. The molecule has 0 spiro atoms. The minimum absolute atomic E-state index is 0.254. The van der Waals surface area contributed by atoms with E-state index in [9.17, 15) is 15.0 Å². The second-order valence-electron chi connectivity index (χ2n) is 10.6. The van der Waals surface area contributed by atoms with Crippen LogP contribution in [0.1, 0.15) is 156 Å². The number of carboxylic acid groups (broad SMARTS) is 1. The Morgan fingerprint density at radius 2 is 1.06 bits per heavy atom. The van der Waals surface area contributed by atoms with Crippen molar-refractivity contribution in [3.8, 4) is 0 Å². The van der Waals surface area contributed by atoms with Crippen molar-refractivity contribution in [2.45, 2.75) is 162 Å². The molecular weight excluding hydrogens is 384 g/mol. The number of carbonyl (C=O) groups is 1. The fourth-order valence-corrected chi connectivity index (χ4v) is 4.71. The number of rotatable bonds is 23. The first kappa shape index (κ1) is 30.4. The van der Waals surface area contributed by atoms with Crippen molar-refractivity contribution < 1.29 is 15.0 Å². The molecule has 2 atom stereocenters. The van der Waals surface area contributed by atoms with Crippen LogP contribution in [-0.2, 0) is 4.79 Å². The summed E-state index contributed by atoms with van der Waals surface area (Å²) in [6.07, 6.45) is 23.8. The van der Waals surface area contributed by atoms with Gasteiger partial charge in [0.05, 0.1) is 12.0 Å². The first-order valence-electron chi connectivity index (χ1n) is 13.8. The molecule has 3 heteroatoms. The Bertz CT molecular complexity index is 405. The molecule has 0 fully saturated rings. The van der Waals surface area contributed by atoms with Crippen molar-refractivity contribution in [3.63, 3.8) is 0 Å². The molecular formula is C28H56O3. The molecule has 0 aliphatic carbocycles. The number of carboxylic acids is 1. The molecule has 0 saturated heterocycles. The third kappa shape index (κ3) is 17.6. The van der Waals surface area contributed by atoms with Gasteiger partial charge < -0.3 is 10.2 Å². The number of hydrogen-bond donors (Lipinski definition) is 2. The van der Waals surface area contributed by atoms with Gasteiger partial charge in [0.15, 0.2) is 0 Å². The van der Waals surface area contributed by atoms with Crippen LogP contribution in [0.2, 0.25) is 0 Å². The first-order chi connectivity index (χ1) is 14.8. The average Bonchev–Trinajstić information content (AvgIpc) is 2.72. The Morgan fingerprint density at radius 1 is 0.677 bits per heavy atom. The first-order valence-corrected chi connectivity index (χ1v) is 13.8. The molecule has 0 radical (unpaired) electrons. The van der Waals surface area contributed by atoms with E-state index in [0.29, 0.717) is 6.42 Å². The fourth-order valence-electron chi connectivity index (χ4n) is 4.71.